The molecule has 0 saturated heterocycles. The van der Waals surface area contributed by atoms with Gasteiger partial charge in [0.2, 0.25) is 12.7 Å². The smallest absolute Gasteiger partial charge is 0.247 e. The average molecular weight is 329 g/mol. The van der Waals surface area contributed by atoms with Crippen LogP contribution in [-0.4, -0.2) is 37.9 Å². The molecule has 0 unspecified atom stereocenters. The van der Waals surface area contributed by atoms with Gasteiger partial charge >= 0.3 is 0 Å². The molecule has 6 nitrogen and oxygen atoms in total. The Bertz CT molecular complexity index is 708. The molecule has 0 radical (unpaired) electrons. The molecule has 0 bridgehead atoms. The Morgan fingerprint density at radius 2 is 2.17 bits per heavy atom. The molecule has 0 spiro atoms. The minimum Gasteiger partial charge on any atom is -0.465 e. The molecule has 2 heterocycles. The first kappa shape index (κ1) is 16.1. The maximum Gasteiger partial charge on any atom is 0.247 e. The first-order chi connectivity index (χ1) is 11.8. The fourth-order valence-electron chi connectivity index (χ4n) is 2.37. The lowest BCUT2D eigenvalue weighted by Crippen LogP contribution is -2.32. The summed E-state index contributed by atoms with van der Waals surface area (Å²) in [5.41, 5.74) is 0.968. The largest absolute Gasteiger partial charge is 0.465 e. The van der Waals surface area contributed by atoms with E-state index in [-0.39, 0.29) is 12.7 Å². The quantitative estimate of drug-likeness (QED) is 0.731. The number of rotatable bonds is 7. The van der Waals surface area contributed by atoms with Crippen LogP contribution in [0, 0.1) is 0 Å². The maximum atomic E-state index is 12.5. The van der Waals surface area contributed by atoms with Gasteiger partial charge in [0.15, 0.2) is 11.5 Å². The molecule has 1 aromatic heterocycles. The Kier molecular flexibility index (Phi) is 5.18. The van der Waals surface area contributed by atoms with Crippen LogP contribution in [0.2, 0.25) is 0 Å². The summed E-state index contributed by atoms with van der Waals surface area (Å²) in [6.07, 6.45) is 4.72. The minimum absolute atomic E-state index is 0.110. The van der Waals surface area contributed by atoms with E-state index in [4.69, 9.17) is 18.6 Å². The van der Waals surface area contributed by atoms with E-state index in [1.54, 1.807) is 36.5 Å². The fraction of sp³-hybridized carbons (Fsp3) is 0.278. The predicted molar refractivity (Wildman–Crippen MR) is 87.6 cm³/mol. The molecule has 24 heavy (non-hydrogen) atoms. The van der Waals surface area contributed by atoms with Crippen molar-refractivity contribution in [3.8, 4) is 11.5 Å². The van der Waals surface area contributed by atoms with Gasteiger partial charge in [-0.15, -0.1) is 0 Å². The van der Waals surface area contributed by atoms with Crippen LogP contribution in [0.25, 0.3) is 6.08 Å². The van der Waals surface area contributed by atoms with E-state index < -0.39 is 0 Å². The second-order valence-corrected chi connectivity index (χ2v) is 5.29. The van der Waals surface area contributed by atoms with Crippen LogP contribution >= 0.6 is 0 Å². The second-order valence-electron chi connectivity index (χ2n) is 5.29. The molecule has 6 heteroatoms. The Morgan fingerprint density at radius 1 is 1.29 bits per heavy atom. The van der Waals surface area contributed by atoms with E-state index in [0.29, 0.717) is 31.2 Å². The number of hydrogen-bond acceptors (Lipinski definition) is 5. The van der Waals surface area contributed by atoms with Crippen LogP contribution in [0.15, 0.2) is 47.1 Å². The van der Waals surface area contributed by atoms with Crippen molar-refractivity contribution in [2.75, 3.05) is 27.1 Å². The van der Waals surface area contributed by atoms with E-state index in [9.17, 15) is 4.79 Å². The summed E-state index contributed by atoms with van der Waals surface area (Å²) in [5, 5.41) is 0. The number of amides is 1. The van der Waals surface area contributed by atoms with Crippen molar-refractivity contribution in [2.45, 2.75) is 6.54 Å². The van der Waals surface area contributed by atoms with Crippen LogP contribution in [0.3, 0.4) is 0 Å². The molecule has 1 amide bonds. The molecule has 126 valence electrons. The fourth-order valence-corrected chi connectivity index (χ4v) is 2.37. The molecule has 2 aromatic rings. The van der Waals surface area contributed by atoms with Gasteiger partial charge in [-0.05, 0) is 35.9 Å². The van der Waals surface area contributed by atoms with E-state index >= 15 is 0 Å². The standard InChI is InChI=1S/C18H19NO5/c1-21-10-8-19(18(20)7-5-15-3-2-9-22-15)12-14-4-6-16-17(11-14)24-13-23-16/h2-7,9,11H,8,10,12-13H2,1H3. The first-order valence-electron chi connectivity index (χ1n) is 7.64. The zero-order valence-corrected chi connectivity index (χ0v) is 13.4. The third-order valence-corrected chi connectivity index (χ3v) is 3.62. The minimum atomic E-state index is -0.110. The molecule has 0 N–H and O–H groups in total. The van der Waals surface area contributed by atoms with Crippen molar-refractivity contribution in [2.24, 2.45) is 0 Å². The topological polar surface area (TPSA) is 61.1 Å². The van der Waals surface area contributed by atoms with Gasteiger partial charge in [0.1, 0.15) is 5.76 Å². The molecular weight excluding hydrogens is 310 g/mol. The molecule has 0 atom stereocenters. The molecule has 0 saturated carbocycles. The molecule has 1 aromatic carbocycles. The molecule has 0 fully saturated rings. The number of benzene rings is 1. The van der Waals surface area contributed by atoms with Crippen molar-refractivity contribution in [1.82, 2.24) is 4.90 Å². The highest BCUT2D eigenvalue weighted by Crippen LogP contribution is 2.32. The summed E-state index contributed by atoms with van der Waals surface area (Å²) in [6.45, 7) is 1.65. The number of methoxy groups -OCH3 is 1. The Balaban J connectivity index is 1.69. The number of fused-ring (bicyclic) bond motifs is 1. The number of nitrogens with zero attached hydrogens (tertiary/aromatic N) is 1. The number of furan rings is 1. The molecule has 3 rings (SSSR count). The van der Waals surface area contributed by atoms with Crippen LogP contribution in [0.5, 0.6) is 11.5 Å². The summed E-state index contributed by atoms with van der Waals surface area (Å²) in [6, 6.07) is 9.25. The van der Waals surface area contributed by atoms with Crippen LogP contribution in [0.4, 0.5) is 0 Å². The van der Waals surface area contributed by atoms with Gasteiger partial charge in [-0.1, -0.05) is 6.07 Å². The number of hydrogen-bond donors (Lipinski definition) is 0. The molecule has 1 aliphatic heterocycles. The van der Waals surface area contributed by atoms with E-state index in [0.717, 1.165) is 11.3 Å². The highest BCUT2D eigenvalue weighted by atomic mass is 16.7. The lowest BCUT2D eigenvalue weighted by atomic mass is 10.2. The lowest BCUT2D eigenvalue weighted by molar-refractivity contribution is -0.127. The number of ether oxygens (including phenoxy) is 3. The molecular formula is C18H19NO5. The Hall–Kier alpha value is -2.73. The zero-order valence-electron chi connectivity index (χ0n) is 13.4. The highest BCUT2D eigenvalue weighted by Gasteiger charge is 2.16. The monoisotopic (exact) mass is 329 g/mol. The van der Waals surface area contributed by atoms with Crippen LogP contribution in [-0.2, 0) is 16.1 Å². The van der Waals surface area contributed by atoms with Gasteiger partial charge < -0.3 is 23.5 Å². The van der Waals surface area contributed by atoms with Crippen LogP contribution < -0.4 is 9.47 Å². The van der Waals surface area contributed by atoms with Gasteiger partial charge in [-0.3, -0.25) is 4.79 Å². The summed E-state index contributed by atoms with van der Waals surface area (Å²) in [5.74, 6) is 1.96. The van der Waals surface area contributed by atoms with Crippen molar-refractivity contribution < 1.29 is 23.4 Å². The van der Waals surface area contributed by atoms with E-state index in [1.807, 2.05) is 18.2 Å². The molecule has 0 aliphatic carbocycles. The average Bonchev–Trinajstić information content (AvgIpc) is 3.27. The highest BCUT2D eigenvalue weighted by molar-refractivity contribution is 5.91. The SMILES string of the molecule is COCCN(Cc1ccc2c(c1)OCO2)C(=O)C=Cc1ccco1. The van der Waals surface area contributed by atoms with Crippen molar-refractivity contribution in [3.05, 3.63) is 54.0 Å². The maximum absolute atomic E-state index is 12.5. The lowest BCUT2D eigenvalue weighted by Gasteiger charge is -2.21. The van der Waals surface area contributed by atoms with Crippen molar-refractivity contribution in [1.29, 1.82) is 0 Å². The zero-order chi connectivity index (χ0) is 16.8. The normalized spacial score (nSPS) is 12.7. The van der Waals surface area contributed by atoms with E-state index in [1.165, 1.54) is 6.08 Å². The summed E-state index contributed by atoms with van der Waals surface area (Å²) < 4.78 is 21.0. The third kappa shape index (κ3) is 3.97. The summed E-state index contributed by atoms with van der Waals surface area (Å²) >= 11 is 0. The second kappa shape index (κ2) is 7.70. The Morgan fingerprint density at radius 3 is 2.96 bits per heavy atom. The van der Waals surface area contributed by atoms with E-state index in [2.05, 4.69) is 0 Å². The van der Waals surface area contributed by atoms with Gasteiger partial charge in [0.05, 0.1) is 12.9 Å². The van der Waals surface area contributed by atoms with Gasteiger partial charge in [0.25, 0.3) is 0 Å². The number of carbonyl (C=O) groups is 1. The summed E-state index contributed by atoms with van der Waals surface area (Å²) in [4.78, 5) is 14.2. The predicted octanol–water partition coefficient (Wildman–Crippen LogP) is 2.70. The van der Waals surface area contributed by atoms with Gasteiger partial charge in [-0.2, -0.15) is 0 Å². The first-order valence-corrected chi connectivity index (χ1v) is 7.64. The van der Waals surface area contributed by atoms with Gasteiger partial charge in [-0.25, -0.2) is 0 Å². The van der Waals surface area contributed by atoms with Crippen LogP contribution in [0.1, 0.15) is 11.3 Å². The molecule has 1 aliphatic rings. The summed E-state index contributed by atoms with van der Waals surface area (Å²) in [7, 11) is 1.61. The van der Waals surface area contributed by atoms with Crippen molar-refractivity contribution >= 4 is 12.0 Å². The number of carbonyl (C=O) groups excluding carboxylic acids is 1. The third-order valence-electron chi connectivity index (χ3n) is 3.62. The van der Waals surface area contributed by atoms with Gasteiger partial charge in [0, 0.05) is 26.3 Å². The Labute approximate surface area is 140 Å². The van der Waals surface area contributed by atoms with Crippen molar-refractivity contribution in [3.63, 3.8) is 0 Å².